The van der Waals surface area contributed by atoms with E-state index in [2.05, 4.69) is 0 Å². The van der Waals surface area contributed by atoms with Crippen molar-refractivity contribution < 1.29 is 28.2 Å². The second-order valence-electron chi connectivity index (χ2n) is 7.18. The molecule has 33 heavy (non-hydrogen) atoms. The zero-order chi connectivity index (χ0) is 23.4. The first kappa shape index (κ1) is 22.0. The highest BCUT2D eigenvalue weighted by Crippen LogP contribution is 2.28. The van der Waals surface area contributed by atoms with E-state index < -0.39 is 5.97 Å². The van der Waals surface area contributed by atoms with Gasteiger partial charge in [0.25, 0.3) is 0 Å². The summed E-state index contributed by atoms with van der Waals surface area (Å²) in [6.45, 7) is 0.0190. The highest BCUT2D eigenvalue weighted by Gasteiger charge is 2.10. The zero-order valence-corrected chi connectivity index (χ0v) is 18.4. The molecule has 0 radical (unpaired) electrons. The van der Waals surface area contributed by atoms with Crippen LogP contribution in [0.15, 0.2) is 69.9 Å². The van der Waals surface area contributed by atoms with Crippen LogP contribution in [0.4, 0.5) is 0 Å². The van der Waals surface area contributed by atoms with Crippen LogP contribution in [0.25, 0.3) is 28.0 Å². The van der Waals surface area contributed by atoms with E-state index in [1.807, 2.05) is 0 Å². The third-order valence-corrected chi connectivity index (χ3v) is 5.14. The molecule has 0 spiro atoms. The lowest BCUT2D eigenvalue weighted by atomic mass is 10.1. The number of methoxy groups -OCH3 is 3. The molecule has 7 nitrogen and oxygen atoms in total. The number of carbonyl (C=O) groups excluding carboxylic acids is 1. The molecule has 7 heteroatoms. The molecule has 3 aromatic carbocycles. The molecule has 1 aromatic heterocycles. The number of hydrogen-bond donors (Lipinski definition) is 0. The van der Waals surface area contributed by atoms with Crippen molar-refractivity contribution in [3.05, 3.63) is 82.0 Å². The monoisotopic (exact) mass is 446 g/mol. The SMILES string of the molecule is COc1ccc2c(=O)c3cc(COC(=O)/C=C/c4ccc(OC)c(OC)c4)ccc3oc2c1. The van der Waals surface area contributed by atoms with Gasteiger partial charge in [-0.25, -0.2) is 4.79 Å². The fraction of sp³-hybridized carbons (Fsp3) is 0.154. The second-order valence-corrected chi connectivity index (χ2v) is 7.18. The lowest BCUT2D eigenvalue weighted by molar-refractivity contribution is -0.138. The summed E-state index contributed by atoms with van der Waals surface area (Å²) in [6, 6.07) is 15.5. The number of esters is 1. The Balaban J connectivity index is 1.49. The second kappa shape index (κ2) is 9.48. The Morgan fingerprint density at radius 2 is 1.67 bits per heavy atom. The molecule has 0 bridgehead atoms. The van der Waals surface area contributed by atoms with Crippen LogP contribution in [0.5, 0.6) is 17.2 Å². The number of ether oxygens (including phenoxy) is 4. The van der Waals surface area contributed by atoms with Crippen LogP contribution in [0.2, 0.25) is 0 Å². The van der Waals surface area contributed by atoms with E-state index in [0.29, 0.717) is 44.8 Å². The smallest absolute Gasteiger partial charge is 0.331 e. The van der Waals surface area contributed by atoms with E-state index in [1.165, 1.54) is 6.08 Å². The molecule has 0 unspecified atom stereocenters. The average Bonchev–Trinajstić information content (AvgIpc) is 2.85. The Morgan fingerprint density at radius 3 is 2.42 bits per heavy atom. The summed E-state index contributed by atoms with van der Waals surface area (Å²) in [5.41, 5.74) is 2.18. The molecule has 1 heterocycles. The highest BCUT2D eigenvalue weighted by atomic mass is 16.5. The highest BCUT2D eigenvalue weighted by molar-refractivity contribution is 5.90. The number of carbonyl (C=O) groups is 1. The van der Waals surface area contributed by atoms with Crippen molar-refractivity contribution in [1.29, 1.82) is 0 Å². The lowest BCUT2D eigenvalue weighted by Gasteiger charge is -2.07. The molecule has 0 aliphatic heterocycles. The molecule has 0 amide bonds. The predicted molar refractivity (Wildman–Crippen MR) is 125 cm³/mol. The summed E-state index contributed by atoms with van der Waals surface area (Å²) in [7, 11) is 4.65. The maximum Gasteiger partial charge on any atom is 0.331 e. The van der Waals surface area contributed by atoms with Crippen LogP contribution >= 0.6 is 0 Å². The van der Waals surface area contributed by atoms with Crippen molar-refractivity contribution in [3.63, 3.8) is 0 Å². The maximum atomic E-state index is 12.9. The predicted octanol–water partition coefficient (Wildman–Crippen LogP) is 4.73. The molecular formula is C26H22O7. The Bertz CT molecular complexity index is 1420. The summed E-state index contributed by atoms with van der Waals surface area (Å²) in [5.74, 6) is 1.26. The van der Waals surface area contributed by atoms with Crippen molar-refractivity contribution in [1.82, 2.24) is 0 Å². The Labute approximate surface area is 189 Å². The third-order valence-electron chi connectivity index (χ3n) is 5.14. The first-order valence-electron chi connectivity index (χ1n) is 10.1. The minimum absolute atomic E-state index is 0.0190. The quantitative estimate of drug-likeness (QED) is 0.231. The molecule has 0 N–H and O–H groups in total. The summed E-state index contributed by atoms with van der Waals surface area (Å²) >= 11 is 0. The van der Waals surface area contributed by atoms with E-state index in [-0.39, 0.29) is 12.0 Å². The van der Waals surface area contributed by atoms with Crippen molar-refractivity contribution in [3.8, 4) is 17.2 Å². The molecule has 0 aliphatic carbocycles. The summed E-state index contributed by atoms with van der Waals surface area (Å²) in [6.07, 6.45) is 2.96. The van der Waals surface area contributed by atoms with Crippen LogP contribution in [-0.2, 0) is 16.1 Å². The van der Waals surface area contributed by atoms with Gasteiger partial charge in [0.1, 0.15) is 23.5 Å². The first-order valence-corrected chi connectivity index (χ1v) is 10.1. The average molecular weight is 446 g/mol. The van der Waals surface area contributed by atoms with Crippen molar-refractivity contribution in [2.45, 2.75) is 6.61 Å². The van der Waals surface area contributed by atoms with E-state index in [9.17, 15) is 9.59 Å². The van der Waals surface area contributed by atoms with Crippen LogP contribution in [-0.4, -0.2) is 27.3 Å². The molecule has 0 saturated carbocycles. The van der Waals surface area contributed by atoms with Crippen LogP contribution in [0.3, 0.4) is 0 Å². The van der Waals surface area contributed by atoms with Gasteiger partial charge in [0.2, 0.25) is 5.43 Å². The van der Waals surface area contributed by atoms with Gasteiger partial charge in [-0.2, -0.15) is 0 Å². The topological polar surface area (TPSA) is 84.2 Å². The van der Waals surface area contributed by atoms with E-state index in [0.717, 1.165) is 5.56 Å². The van der Waals surface area contributed by atoms with Crippen LogP contribution in [0.1, 0.15) is 11.1 Å². The number of benzene rings is 3. The molecule has 4 aromatic rings. The molecular weight excluding hydrogens is 424 g/mol. The van der Waals surface area contributed by atoms with Crippen LogP contribution < -0.4 is 19.6 Å². The van der Waals surface area contributed by atoms with Gasteiger partial charge < -0.3 is 23.4 Å². The summed E-state index contributed by atoms with van der Waals surface area (Å²) in [5, 5.41) is 0.873. The zero-order valence-electron chi connectivity index (χ0n) is 18.4. The fourth-order valence-corrected chi connectivity index (χ4v) is 3.42. The number of rotatable bonds is 7. The van der Waals surface area contributed by atoms with E-state index >= 15 is 0 Å². The van der Waals surface area contributed by atoms with Crippen molar-refractivity contribution >= 4 is 34.0 Å². The third kappa shape index (κ3) is 4.67. The lowest BCUT2D eigenvalue weighted by Crippen LogP contribution is -2.04. The van der Waals surface area contributed by atoms with Gasteiger partial charge in [0.15, 0.2) is 11.5 Å². The van der Waals surface area contributed by atoms with Gasteiger partial charge in [-0.05, 0) is 53.6 Å². The minimum Gasteiger partial charge on any atom is -0.497 e. The molecule has 0 fully saturated rings. The molecule has 0 saturated heterocycles. The van der Waals surface area contributed by atoms with Gasteiger partial charge in [-0.3, -0.25) is 4.79 Å². The molecule has 168 valence electrons. The largest absolute Gasteiger partial charge is 0.497 e. The standard InChI is InChI=1S/C26H22O7/c1-29-18-7-8-19-23(14-18)33-21-9-5-17(12-20(21)26(19)28)15-32-25(27)11-6-16-4-10-22(30-2)24(13-16)31-3/h4-14H,15H2,1-3H3/b11-6+. The normalized spacial score (nSPS) is 11.1. The first-order chi connectivity index (χ1) is 16.0. The Morgan fingerprint density at radius 1 is 0.848 bits per heavy atom. The Hall–Kier alpha value is -4.26. The van der Waals surface area contributed by atoms with Gasteiger partial charge in [0.05, 0.1) is 32.1 Å². The van der Waals surface area contributed by atoms with E-state index in [4.69, 9.17) is 23.4 Å². The minimum atomic E-state index is -0.512. The van der Waals surface area contributed by atoms with Gasteiger partial charge in [0, 0.05) is 12.1 Å². The van der Waals surface area contributed by atoms with Crippen molar-refractivity contribution in [2.24, 2.45) is 0 Å². The maximum absolute atomic E-state index is 12.9. The van der Waals surface area contributed by atoms with Crippen LogP contribution in [0, 0.1) is 0 Å². The molecule has 0 aliphatic rings. The number of fused-ring (bicyclic) bond motifs is 2. The van der Waals surface area contributed by atoms with E-state index in [1.54, 1.807) is 82.0 Å². The van der Waals surface area contributed by atoms with Gasteiger partial charge in [-0.15, -0.1) is 0 Å². The number of hydrogen-bond acceptors (Lipinski definition) is 7. The molecule has 0 atom stereocenters. The summed E-state index contributed by atoms with van der Waals surface area (Å²) < 4.78 is 26.8. The Kier molecular flexibility index (Phi) is 6.31. The fourth-order valence-electron chi connectivity index (χ4n) is 3.42. The molecule has 4 rings (SSSR count). The van der Waals surface area contributed by atoms with Gasteiger partial charge in [-0.1, -0.05) is 12.1 Å². The van der Waals surface area contributed by atoms with Crippen molar-refractivity contribution in [2.75, 3.05) is 21.3 Å². The summed E-state index contributed by atoms with van der Waals surface area (Å²) in [4.78, 5) is 25.1. The van der Waals surface area contributed by atoms with Gasteiger partial charge >= 0.3 is 5.97 Å².